The summed E-state index contributed by atoms with van der Waals surface area (Å²) in [4.78, 5) is 4.00. The average molecular weight is 214 g/mol. The fraction of sp³-hybridized carbons (Fsp3) is 0.375. The molecule has 0 bridgehead atoms. The second kappa shape index (κ2) is 2.57. The summed E-state index contributed by atoms with van der Waals surface area (Å²) in [5.41, 5.74) is 2.20. The number of nitrogens with zero attached hydrogens (tertiary/aromatic N) is 1. The third-order valence-electron chi connectivity index (χ3n) is 2.07. The lowest BCUT2D eigenvalue weighted by Crippen LogP contribution is -1.91. The Morgan fingerprint density at radius 1 is 1.55 bits per heavy atom. The summed E-state index contributed by atoms with van der Waals surface area (Å²) in [5, 5.41) is 9.44. The Hall–Kier alpha value is -0.410. The largest absolute Gasteiger partial charge is 0.388 e. The number of halogens is 1. The number of hydrogen-bond acceptors (Lipinski definition) is 2. The SMILES string of the molecule is O[C@@H]1CCc2c(Br)cncc21. The van der Waals surface area contributed by atoms with Gasteiger partial charge < -0.3 is 5.11 Å². The highest BCUT2D eigenvalue weighted by Crippen LogP contribution is 2.34. The quantitative estimate of drug-likeness (QED) is 0.714. The monoisotopic (exact) mass is 213 g/mol. The lowest BCUT2D eigenvalue weighted by molar-refractivity contribution is 0.179. The van der Waals surface area contributed by atoms with Gasteiger partial charge in [0.1, 0.15) is 0 Å². The van der Waals surface area contributed by atoms with Gasteiger partial charge in [-0.15, -0.1) is 0 Å². The number of fused-ring (bicyclic) bond motifs is 1. The molecule has 1 atom stereocenters. The van der Waals surface area contributed by atoms with E-state index in [1.807, 2.05) is 0 Å². The fourth-order valence-corrected chi connectivity index (χ4v) is 2.01. The Kier molecular flexibility index (Phi) is 1.69. The van der Waals surface area contributed by atoms with Crippen molar-refractivity contribution in [3.8, 4) is 0 Å². The second-order valence-electron chi connectivity index (χ2n) is 2.74. The molecule has 1 N–H and O–H groups in total. The van der Waals surface area contributed by atoms with E-state index in [1.165, 1.54) is 5.56 Å². The molecule has 0 radical (unpaired) electrons. The third kappa shape index (κ3) is 1.08. The molecule has 0 saturated carbocycles. The minimum Gasteiger partial charge on any atom is -0.388 e. The van der Waals surface area contributed by atoms with Gasteiger partial charge in [-0.25, -0.2) is 0 Å². The second-order valence-corrected chi connectivity index (χ2v) is 3.60. The van der Waals surface area contributed by atoms with Gasteiger partial charge in [0.25, 0.3) is 0 Å². The third-order valence-corrected chi connectivity index (χ3v) is 2.75. The highest BCUT2D eigenvalue weighted by molar-refractivity contribution is 9.10. The number of rotatable bonds is 0. The molecule has 3 heteroatoms. The van der Waals surface area contributed by atoms with Crippen LogP contribution >= 0.6 is 15.9 Å². The maximum absolute atomic E-state index is 9.44. The molecule has 2 rings (SSSR count). The summed E-state index contributed by atoms with van der Waals surface area (Å²) in [7, 11) is 0. The van der Waals surface area contributed by atoms with E-state index >= 15 is 0 Å². The first-order chi connectivity index (χ1) is 5.29. The van der Waals surface area contributed by atoms with Gasteiger partial charge in [-0.3, -0.25) is 4.98 Å². The normalized spacial score (nSPS) is 21.8. The van der Waals surface area contributed by atoms with Crippen molar-refractivity contribution in [2.45, 2.75) is 18.9 Å². The van der Waals surface area contributed by atoms with Crippen molar-refractivity contribution < 1.29 is 5.11 Å². The van der Waals surface area contributed by atoms with Gasteiger partial charge in [-0.2, -0.15) is 0 Å². The molecule has 1 aromatic rings. The molecule has 1 aromatic heterocycles. The summed E-state index contributed by atoms with van der Waals surface area (Å²) in [5.74, 6) is 0. The lowest BCUT2D eigenvalue weighted by Gasteiger charge is -2.02. The molecule has 11 heavy (non-hydrogen) atoms. The van der Waals surface area contributed by atoms with E-state index < -0.39 is 0 Å². The minimum atomic E-state index is -0.296. The predicted octanol–water partition coefficient (Wildman–Crippen LogP) is 1.82. The van der Waals surface area contributed by atoms with Crippen molar-refractivity contribution >= 4 is 15.9 Å². The van der Waals surface area contributed by atoms with E-state index in [1.54, 1.807) is 12.4 Å². The van der Waals surface area contributed by atoms with Gasteiger partial charge in [-0.1, -0.05) is 0 Å². The first-order valence-electron chi connectivity index (χ1n) is 3.59. The molecule has 1 heterocycles. The molecule has 0 amide bonds. The van der Waals surface area contributed by atoms with Crippen molar-refractivity contribution in [2.24, 2.45) is 0 Å². The zero-order chi connectivity index (χ0) is 7.84. The Bertz CT molecular complexity index is 287. The van der Waals surface area contributed by atoms with Crippen LogP contribution in [0.5, 0.6) is 0 Å². The first kappa shape index (κ1) is 7.25. The molecule has 0 fully saturated rings. The molecule has 1 aliphatic carbocycles. The van der Waals surface area contributed by atoms with Crippen LogP contribution in [0.25, 0.3) is 0 Å². The number of pyridine rings is 1. The zero-order valence-electron chi connectivity index (χ0n) is 5.92. The fourth-order valence-electron chi connectivity index (χ4n) is 1.46. The molecule has 1 aliphatic rings. The Labute approximate surface area is 73.4 Å². The van der Waals surface area contributed by atoms with Crippen LogP contribution in [0.4, 0.5) is 0 Å². The summed E-state index contributed by atoms with van der Waals surface area (Å²) in [6, 6.07) is 0. The topological polar surface area (TPSA) is 33.1 Å². The van der Waals surface area contributed by atoms with Crippen LogP contribution in [-0.2, 0) is 6.42 Å². The van der Waals surface area contributed by atoms with Crippen molar-refractivity contribution in [1.82, 2.24) is 4.98 Å². The molecule has 58 valence electrons. The number of hydrogen-bond donors (Lipinski definition) is 1. The van der Waals surface area contributed by atoms with Crippen LogP contribution in [0.1, 0.15) is 23.7 Å². The van der Waals surface area contributed by atoms with Crippen LogP contribution < -0.4 is 0 Å². The standard InChI is InChI=1S/C8H8BrNO/c9-7-4-10-3-6-5(7)1-2-8(6)11/h3-4,8,11H,1-2H2/t8-/m1/s1. The van der Waals surface area contributed by atoms with Crippen molar-refractivity contribution in [1.29, 1.82) is 0 Å². The van der Waals surface area contributed by atoms with Crippen LogP contribution in [0.2, 0.25) is 0 Å². The summed E-state index contributed by atoms with van der Waals surface area (Å²) in [6.45, 7) is 0. The van der Waals surface area contributed by atoms with Crippen LogP contribution in [0.15, 0.2) is 16.9 Å². The van der Waals surface area contributed by atoms with Gasteiger partial charge in [0, 0.05) is 22.4 Å². The smallest absolute Gasteiger partial charge is 0.0811 e. The Morgan fingerprint density at radius 2 is 2.36 bits per heavy atom. The van der Waals surface area contributed by atoms with Gasteiger partial charge in [0.05, 0.1) is 6.10 Å². The van der Waals surface area contributed by atoms with E-state index in [-0.39, 0.29) is 6.10 Å². The molecule has 0 spiro atoms. The maximum Gasteiger partial charge on any atom is 0.0811 e. The van der Waals surface area contributed by atoms with E-state index in [9.17, 15) is 5.11 Å². The van der Waals surface area contributed by atoms with Crippen molar-refractivity contribution in [3.63, 3.8) is 0 Å². The summed E-state index contributed by atoms with van der Waals surface area (Å²) in [6.07, 6.45) is 5.02. The molecular formula is C8H8BrNO. The maximum atomic E-state index is 9.44. The summed E-state index contributed by atoms with van der Waals surface area (Å²) < 4.78 is 1.02. The van der Waals surface area contributed by atoms with Gasteiger partial charge >= 0.3 is 0 Å². The van der Waals surface area contributed by atoms with Crippen LogP contribution in [0, 0.1) is 0 Å². The van der Waals surface area contributed by atoms with E-state index in [4.69, 9.17) is 0 Å². The average Bonchev–Trinajstić information content (AvgIpc) is 2.35. The molecule has 0 aromatic carbocycles. The van der Waals surface area contributed by atoms with Gasteiger partial charge in [0.2, 0.25) is 0 Å². The van der Waals surface area contributed by atoms with Crippen molar-refractivity contribution in [3.05, 3.63) is 28.0 Å². The van der Waals surface area contributed by atoms with Crippen LogP contribution in [0.3, 0.4) is 0 Å². The number of aromatic nitrogens is 1. The Morgan fingerprint density at radius 3 is 3.09 bits per heavy atom. The predicted molar refractivity (Wildman–Crippen MR) is 45.2 cm³/mol. The van der Waals surface area contributed by atoms with E-state index in [0.717, 1.165) is 22.9 Å². The van der Waals surface area contributed by atoms with Crippen LogP contribution in [-0.4, -0.2) is 10.1 Å². The summed E-state index contributed by atoms with van der Waals surface area (Å²) >= 11 is 3.40. The molecular weight excluding hydrogens is 206 g/mol. The van der Waals surface area contributed by atoms with Gasteiger partial charge in [-0.05, 0) is 34.3 Å². The van der Waals surface area contributed by atoms with E-state index in [0.29, 0.717) is 0 Å². The first-order valence-corrected chi connectivity index (χ1v) is 4.38. The molecule has 0 aliphatic heterocycles. The molecule has 0 unspecified atom stereocenters. The molecule has 2 nitrogen and oxygen atoms in total. The molecule has 0 saturated heterocycles. The number of aliphatic hydroxyl groups is 1. The number of aliphatic hydroxyl groups excluding tert-OH is 1. The Balaban J connectivity index is 2.57. The van der Waals surface area contributed by atoms with E-state index in [2.05, 4.69) is 20.9 Å². The highest BCUT2D eigenvalue weighted by atomic mass is 79.9. The lowest BCUT2D eigenvalue weighted by atomic mass is 10.2. The van der Waals surface area contributed by atoms with Gasteiger partial charge in [0.15, 0.2) is 0 Å². The van der Waals surface area contributed by atoms with Crippen molar-refractivity contribution in [2.75, 3.05) is 0 Å². The zero-order valence-corrected chi connectivity index (χ0v) is 7.50. The minimum absolute atomic E-state index is 0.296. The highest BCUT2D eigenvalue weighted by Gasteiger charge is 2.21.